The van der Waals surface area contributed by atoms with E-state index in [0.717, 1.165) is 0 Å². The summed E-state index contributed by atoms with van der Waals surface area (Å²) in [6.07, 6.45) is -4.64. The van der Waals surface area contributed by atoms with Gasteiger partial charge in [0.05, 0.1) is 6.67 Å². The van der Waals surface area contributed by atoms with Gasteiger partial charge in [0.15, 0.2) is 11.5 Å². The smallest absolute Gasteiger partial charge is 0.328 e. The third-order valence-electron chi connectivity index (χ3n) is 3.23. The number of likely N-dealkylation sites (N-methyl/N-ethyl adjacent to an activating group) is 1. The molecule has 0 saturated carbocycles. The number of rotatable bonds is 2. The zero-order chi connectivity index (χ0) is 15.2. The zero-order valence-corrected chi connectivity index (χ0v) is 11.0. The van der Waals surface area contributed by atoms with Crippen molar-refractivity contribution in [2.45, 2.75) is 13.1 Å². The molecule has 0 atom stereocenters. The van der Waals surface area contributed by atoms with Crippen LogP contribution in [0.15, 0.2) is 12.1 Å². The fourth-order valence-corrected chi connectivity index (χ4v) is 2.15. The Kier molecular flexibility index (Phi) is 2.96. The van der Waals surface area contributed by atoms with Gasteiger partial charge in [0.25, 0.3) is 5.82 Å². The molecule has 1 amide bonds. The molecule has 0 bridgehead atoms. The fraction of sp³-hybridized carbons (Fsp3) is 0.455. The molecule has 3 rings (SSSR count). The normalized spacial score (nSPS) is 16.3. The van der Waals surface area contributed by atoms with E-state index in [-0.39, 0.29) is 23.9 Å². The molecule has 0 spiro atoms. The molecular formula is C11H11F3N6O. The number of hydrogen-bond donors (Lipinski definition) is 0. The molecule has 3 heterocycles. The van der Waals surface area contributed by atoms with Crippen LogP contribution in [-0.2, 0) is 11.0 Å². The van der Waals surface area contributed by atoms with Crippen LogP contribution in [0.25, 0.3) is 5.65 Å². The highest BCUT2D eigenvalue weighted by Crippen LogP contribution is 2.28. The van der Waals surface area contributed by atoms with Gasteiger partial charge in [-0.15, -0.1) is 15.3 Å². The fourth-order valence-electron chi connectivity index (χ4n) is 2.15. The number of nitrogens with zero attached hydrogens (tertiary/aromatic N) is 6. The summed E-state index contributed by atoms with van der Waals surface area (Å²) in [5.74, 6) is -0.992. The Morgan fingerprint density at radius 1 is 1.29 bits per heavy atom. The van der Waals surface area contributed by atoms with E-state index in [1.165, 1.54) is 12.1 Å². The average Bonchev–Trinajstić information content (AvgIpc) is 3.00. The second kappa shape index (κ2) is 4.57. The lowest BCUT2D eigenvalue weighted by Crippen LogP contribution is -2.27. The molecule has 1 saturated heterocycles. The van der Waals surface area contributed by atoms with Crippen molar-refractivity contribution >= 4 is 17.4 Å². The molecule has 112 valence electrons. The molecular weight excluding hydrogens is 289 g/mol. The van der Waals surface area contributed by atoms with Gasteiger partial charge in [-0.05, 0) is 19.1 Å². The first kappa shape index (κ1) is 13.6. The number of fused-ring (bicyclic) bond motifs is 1. The van der Waals surface area contributed by atoms with E-state index in [4.69, 9.17) is 0 Å². The predicted molar refractivity (Wildman–Crippen MR) is 65.4 cm³/mol. The van der Waals surface area contributed by atoms with Crippen LogP contribution in [0.1, 0.15) is 12.7 Å². The Hall–Kier alpha value is -2.39. The van der Waals surface area contributed by atoms with Crippen LogP contribution in [0.3, 0.4) is 0 Å². The van der Waals surface area contributed by atoms with Gasteiger partial charge in [0.2, 0.25) is 5.91 Å². The van der Waals surface area contributed by atoms with Crippen LogP contribution >= 0.6 is 0 Å². The predicted octanol–water partition coefficient (Wildman–Crippen LogP) is 0.769. The lowest BCUT2D eigenvalue weighted by Gasteiger charge is -2.17. The molecule has 21 heavy (non-hydrogen) atoms. The minimum Gasteiger partial charge on any atom is -0.328 e. The number of carbonyl (C=O) groups excluding carboxylic acids is 1. The van der Waals surface area contributed by atoms with E-state index in [2.05, 4.69) is 15.3 Å². The standard InChI is InChI=1S/C11H11F3N6O/c1-2-18-6-19(5-9(18)21)8-4-3-7-15-16-10(11(12,13)14)20(7)17-8/h3-4H,2,5-6H2,1H3. The third kappa shape index (κ3) is 2.26. The van der Waals surface area contributed by atoms with E-state index >= 15 is 0 Å². The molecule has 1 aliphatic rings. The summed E-state index contributed by atoms with van der Waals surface area (Å²) in [4.78, 5) is 14.9. The number of hydrogen-bond acceptors (Lipinski definition) is 5. The van der Waals surface area contributed by atoms with Crippen LogP contribution in [0, 0.1) is 0 Å². The minimum absolute atomic E-state index is 0.00365. The van der Waals surface area contributed by atoms with Crippen molar-refractivity contribution in [1.29, 1.82) is 0 Å². The lowest BCUT2D eigenvalue weighted by molar-refractivity contribution is -0.146. The third-order valence-corrected chi connectivity index (χ3v) is 3.23. The molecule has 2 aromatic heterocycles. The Bertz CT molecular complexity index is 697. The van der Waals surface area contributed by atoms with E-state index in [1.54, 1.807) is 9.80 Å². The van der Waals surface area contributed by atoms with Crippen LogP contribution in [0.2, 0.25) is 0 Å². The molecule has 0 unspecified atom stereocenters. The molecule has 2 aromatic rings. The van der Waals surface area contributed by atoms with Gasteiger partial charge in [-0.2, -0.15) is 17.7 Å². The molecule has 0 aliphatic carbocycles. The van der Waals surface area contributed by atoms with Crippen molar-refractivity contribution in [3.8, 4) is 0 Å². The first-order valence-electron chi connectivity index (χ1n) is 6.22. The molecule has 1 aliphatic heterocycles. The highest BCUT2D eigenvalue weighted by molar-refractivity contribution is 5.84. The van der Waals surface area contributed by atoms with Crippen LogP contribution in [0.5, 0.6) is 0 Å². The number of alkyl halides is 3. The van der Waals surface area contributed by atoms with Crippen molar-refractivity contribution in [3.05, 3.63) is 18.0 Å². The van der Waals surface area contributed by atoms with E-state index in [0.29, 0.717) is 17.7 Å². The molecule has 0 radical (unpaired) electrons. The molecule has 10 heteroatoms. The van der Waals surface area contributed by atoms with Crippen LogP contribution in [-0.4, -0.2) is 50.4 Å². The number of halogens is 3. The lowest BCUT2D eigenvalue weighted by atomic mass is 10.4. The maximum absolute atomic E-state index is 12.8. The van der Waals surface area contributed by atoms with Gasteiger partial charge < -0.3 is 9.80 Å². The number of aromatic nitrogens is 4. The summed E-state index contributed by atoms with van der Waals surface area (Å²) >= 11 is 0. The van der Waals surface area contributed by atoms with Crippen molar-refractivity contribution < 1.29 is 18.0 Å². The molecule has 7 nitrogen and oxygen atoms in total. The summed E-state index contributed by atoms with van der Waals surface area (Å²) in [5.41, 5.74) is 0.00365. The Labute approximate surface area is 117 Å². The molecule has 0 N–H and O–H groups in total. The van der Waals surface area contributed by atoms with Crippen LogP contribution < -0.4 is 4.90 Å². The maximum atomic E-state index is 12.8. The van der Waals surface area contributed by atoms with Crippen molar-refractivity contribution in [2.75, 3.05) is 24.7 Å². The minimum atomic E-state index is -4.64. The van der Waals surface area contributed by atoms with Crippen molar-refractivity contribution in [2.24, 2.45) is 0 Å². The first-order chi connectivity index (χ1) is 9.90. The second-order valence-electron chi connectivity index (χ2n) is 4.57. The zero-order valence-electron chi connectivity index (χ0n) is 11.0. The number of amides is 1. The van der Waals surface area contributed by atoms with Crippen molar-refractivity contribution in [1.82, 2.24) is 24.7 Å². The summed E-state index contributed by atoms with van der Waals surface area (Å²) in [6.45, 7) is 2.77. The van der Waals surface area contributed by atoms with Crippen LogP contribution in [0.4, 0.5) is 19.0 Å². The first-order valence-corrected chi connectivity index (χ1v) is 6.22. The van der Waals surface area contributed by atoms with Gasteiger partial charge in [0, 0.05) is 6.54 Å². The number of carbonyl (C=O) groups is 1. The average molecular weight is 300 g/mol. The summed E-state index contributed by atoms with van der Waals surface area (Å²) < 4.78 is 39.0. The summed E-state index contributed by atoms with van der Waals surface area (Å²) in [7, 11) is 0. The Morgan fingerprint density at radius 2 is 2.05 bits per heavy atom. The van der Waals surface area contributed by atoms with Gasteiger partial charge in [-0.25, -0.2) is 0 Å². The Morgan fingerprint density at radius 3 is 2.67 bits per heavy atom. The monoisotopic (exact) mass is 300 g/mol. The Balaban J connectivity index is 2.00. The van der Waals surface area contributed by atoms with Gasteiger partial charge >= 0.3 is 6.18 Å². The summed E-state index contributed by atoms with van der Waals surface area (Å²) in [5, 5.41) is 10.4. The van der Waals surface area contributed by atoms with Crippen molar-refractivity contribution in [3.63, 3.8) is 0 Å². The SMILES string of the molecule is CCN1CN(c2ccc3nnc(C(F)(F)F)n3n2)CC1=O. The highest BCUT2D eigenvalue weighted by Gasteiger charge is 2.38. The highest BCUT2D eigenvalue weighted by atomic mass is 19.4. The number of anilines is 1. The summed E-state index contributed by atoms with van der Waals surface area (Å²) in [6, 6.07) is 2.92. The largest absolute Gasteiger partial charge is 0.453 e. The topological polar surface area (TPSA) is 66.6 Å². The van der Waals surface area contributed by atoms with Gasteiger partial charge in [0.1, 0.15) is 6.54 Å². The second-order valence-corrected chi connectivity index (χ2v) is 4.57. The van der Waals surface area contributed by atoms with Gasteiger partial charge in [-0.1, -0.05) is 0 Å². The van der Waals surface area contributed by atoms with E-state index < -0.39 is 12.0 Å². The van der Waals surface area contributed by atoms with E-state index in [9.17, 15) is 18.0 Å². The molecule has 0 aromatic carbocycles. The molecule has 1 fully saturated rings. The van der Waals surface area contributed by atoms with E-state index in [1.807, 2.05) is 6.92 Å². The quantitative estimate of drug-likeness (QED) is 0.819. The van der Waals surface area contributed by atoms with Gasteiger partial charge in [-0.3, -0.25) is 4.79 Å². The maximum Gasteiger partial charge on any atom is 0.453 e.